The zero-order valence-corrected chi connectivity index (χ0v) is 19.6. The molecule has 4 bridgehead atoms. The third kappa shape index (κ3) is 5.49. The normalized spacial score (nSPS) is 14.1. The second-order valence-corrected chi connectivity index (χ2v) is 8.19. The molecule has 0 saturated carbocycles. The van der Waals surface area contributed by atoms with Crippen molar-refractivity contribution in [3.63, 3.8) is 0 Å². The van der Waals surface area contributed by atoms with Gasteiger partial charge >= 0.3 is 0 Å². The van der Waals surface area contributed by atoms with E-state index in [1.165, 1.54) is 6.20 Å². The minimum absolute atomic E-state index is 0.00123. The number of nitrogens with two attached hydrogens (primary N) is 2. The monoisotopic (exact) mass is 475 g/mol. The van der Waals surface area contributed by atoms with Gasteiger partial charge in [-0.2, -0.15) is 0 Å². The first-order valence-electron chi connectivity index (χ1n) is 11.5. The van der Waals surface area contributed by atoms with Crippen molar-refractivity contribution >= 4 is 29.0 Å². The Balaban J connectivity index is 1.77. The van der Waals surface area contributed by atoms with Gasteiger partial charge in [0, 0.05) is 25.7 Å². The molecule has 0 unspecified atom stereocenters. The van der Waals surface area contributed by atoms with E-state index in [9.17, 15) is 9.59 Å². The van der Waals surface area contributed by atoms with Gasteiger partial charge in [-0.3, -0.25) is 9.59 Å². The zero-order chi connectivity index (χ0) is 24.8. The van der Waals surface area contributed by atoms with Crippen molar-refractivity contribution in [1.82, 2.24) is 15.3 Å². The van der Waals surface area contributed by atoms with Crippen molar-refractivity contribution in [2.75, 3.05) is 49.2 Å². The third-order valence-corrected chi connectivity index (χ3v) is 5.66. The number of ether oxygens (including phenoxy) is 1. The second kappa shape index (κ2) is 10.8. The molecule has 0 aliphatic carbocycles. The quantitative estimate of drug-likeness (QED) is 0.420. The standard InChI is InChI=1S/C25H29N7O3/c1-32-12-5-11-28-24(33)17-14-16(8-9-21(17)35-13-4-10-26)19-15-29-23(27)22(30-19)25(34)31-18-6-2-3-7-20(18)32/h2-3,6-9,14-15H,4-5,10-13,26H2,1H3,(H2,27,29)(H,28,33)(H,31,34). The molecule has 1 aliphatic rings. The molecule has 6 N–H and O–H groups in total. The van der Waals surface area contributed by atoms with Crippen molar-refractivity contribution < 1.29 is 14.3 Å². The van der Waals surface area contributed by atoms with Crippen LogP contribution in [0.5, 0.6) is 5.75 Å². The van der Waals surface area contributed by atoms with E-state index in [1.807, 2.05) is 36.2 Å². The van der Waals surface area contributed by atoms with Crippen LogP contribution in [0, 0.1) is 0 Å². The molecule has 4 rings (SSSR count). The maximum absolute atomic E-state index is 13.1. The number of nitrogen functional groups attached to an aromatic ring is 1. The van der Waals surface area contributed by atoms with Crippen LogP contribution >= 0.6 is 0 Å². The van der Waals surface area contributed by atoms with Crippen LogP contribution in [0.25, 0.3) is 11.3 Å². The lowest BCUT2D eigenvalue weighted by Crippen LogP contribution is -2.29. The number of hydrogen-bond acceptors (Lipinski definition) is 8. The number of hydrogen-bond donors (Lipinski definition) is 4. The summed E-state index contributed by atoms with van der Waals surface area (Å²) in [4.78, 5) is 36.9. The zero-order valence-electron chi connectivity index (χ0n) is 19.6. The van der Waals surface area contributed by atoms with Gasteiger partial charge in [0.05, 0.1) is 35.4 Å². The summed E-state index contributed by atoms with van der Waals surface area (Å²) in [5.74, 6) is -0.262. The summed E-state index contributed by atoms with van der Waals surface area (Å²) in [7, 11) is 1.93. The Kier molecular flexibility index (Phi) is 7.41. The van der Waals surface area contributed by atoms with Crippen LogP contribution in [0.4, 0.5) is 17.2 Å². The van der Waals surface area contributed by atoms with E-state index in [0.717, 1.165) is 5.69 Å². The Bertz CT molecular complexity index is 1230. The second-order valence-electron chi connectivity index (χ2n) is 8.19. The molecule has 10 heteroatoms. The molecule has 0 saturated heterocycles. The number of anilines is 3. The number of carbonyl (C=O) groups excluding carboxylic acids is 2. The first-order chi connectivity index (χ1) is 17.0. The van der Waals surface area contributed by atoms with Crippen molar-refractivity contribution in [3.8, 4) is 17.0 Å². The lowest BCUT2D eigenvalue weighted by Gasteiger charge is -2.23. The van der Waals surface area contributed by atoms with Crippen molar-refractivity contribution in [2.45, 2.75) is 12.8 Å². The number of carbonyl (C=O) groups is 2. The molecule has 2 heterocycles. The highest BCUT2D eigenvalue weighted by Crippen LogP contribution is 2.28. The van der Waals surface area contributed by atoms with Gasteiger partial charge in [0.25, 0.3) is 11.8 Å². The lowest BCUT2D eigenvalue weighted by molar-refractivity contribution is 0.0948. The Hall–Kier alpha value is -4.18. The molecule has 0 spiro atoms. The number of fused-ring (bicyclic) bond motifs is 6. The summed E-state index contributed by atoms with van der Waals surface area (Å²) in [5.41, 5.74) is 14.4. The van der Waals surface area contributed by atoms with Crippen LogP contribution < -0.4 is 31.7 Å². The fourth-order valence-electron chi connectivity index (χ4n) is 3.79. The van der Waals surface area contributed by atoms with Gasteiger partial charge in [-0.1, -0.05) is 12.1 Å². The average Bonchev–Trinajstić information content (AvgIpc) is 2.86. The summed E-state index contributed by atoms with van der Waals surface area (Å²) in [5, 5.41) is 5.89. The van der Waals surface area contributed by atoms with Gasteiger partial charge < -0.3 is 31.7 Å². The smallest absolute Gasteiger partial charge is 0.278 e. The Morgan fingerprint density at radius 2 is 1.97 bits per heavy atom. The van der Waals surface area contributed by atoms with Crippen molar-refractivity contribution in [3.05, 3.63) is 59.9 Å². The van der Waals surface area contributed by atoms with E-state index in [-0.39, 0.29) is 17.4 Å². The largest absolute Gasteiger partial charge is 0.493 e. The number of para-hydroxylation sites is 2. The molecule has 0 atom stereocenters. The number of nitrogens with one attached hydrogen (secondary N) is 2. The minimum Gasteiger partial charge on any atom is -0.493 e. The molecule has 1 aromatic heterocycles. The van der Waals surface area contributed by atoms with Gasteiger partial charge in [0.1, 0.15) is 5.75 Å². The van der Waals surface area contributed by atoms with E-state index >= 15 is 0 Å². The van der Waals surface area contributed by atoms with Gasteiger partial charge in [-0.05, 0) is 49.7 Å². The number of nitrogens with zero attached hydrogens (tertiary/aromatic N) is 3. The number of amides is 2. The van der Waals surface area contributed by atoms with E-state index in [2.05, 4.69) is 20.6 Å². The van der Waals surface area contributed by atoms with Gasteiger partial charge in [0.2, 0.25) is 0 Å². The molecule has 1 aliphatic heterocycles. The highest BCUT2D eigenvalue weighted by Gasteiger charge is 2.20. The Morgan fingerprint density at radius 1 is 1.14 bits per heavy atom. The first-order valence-corrected chi connectivity index (χ1v) is 11.5. The number of rotatable bonds is 4. The fourth-order valence-corrected chi connectivity index (χ4v) is 3.79. The summed E-state index contributed by atoms with van der Waals surface area (Å²) < 4.78 is 5.81. The topological polar surface area (TPSA) is 148 Å². The number of aromatic nitrogens is 2. The fraction of sp³-hybridized carbons (Fsp3) is 0.280. The van der Waals surface area contributed by atoms with Crippen LogP contribution in [0.1, 0.15) is 33.7 Å². The molecular weight excluding hydrogens is 446 g/mol. The summed E-state index contributed by atoms with van der Waals surface area (Å²) in [6.07, 6.45) is 2.84. The molecular formula is C25H29N7O3. The predicted octanol–water partition coefficient (Wildman–Crippen LogP) is 2.28. The van der Waals surface area contributed by atoms with Crippen molar-refractivity contribution in [2.24, 2.45) is 5.73 Å². The van der Waals surface area contributed by atoms with Crippen LogP contribution in [0.2, 0.25) is 0 Å². The van der Waals surface area contributed by atoms with E-state index in [1.54, 1.807) is 18.2 Å². The maximum atomic E-state index is 13.1. The first kappa shape index (κ1) is 24.0. The number of benzene rings is 2. The van der Waals surface area contributed by atoms with Crippen molar-refractivity contribution in [1.29, 1.82) is 0 Å². The highest BCUT2D eigenvalue weighted by atomic mass is 16.5. The summed E-state index contributed by atoms with van der Waals surface area (Å²) in [6, 6.07) is 12.6. The van der Waals surface area contributed by atoms with Crippen LogP contribution in [0.15, 0.2) is 48.7 Å². The van der Waals surface area contributed by atoms with Gasteiger partial charge in [-0.25, -0.2) is 9.97 Å². The van der Waals surface area contributed by atoms with Crippen LogP contribution in [0.3, 0.4) is 0 Å². The molecule has 35 heavy (non-hydrogen) atoms. The molecule has 182 valence electrons. The molecule has 0 radical (unpaired) electrons. The third-order valence-electron chi connectivity index (χ3n) is 5.66. The minimum atomic E-state index is -0.468. The predicted molar refractivity (Wildman–Crippen MR) is 136 cm³/mol. The summed E-state index contributed by atoms with van der Waals surface area (Å²) in [6.45, 7) is 2.01. The molecule has 2 aromatic carbocycles. The molecule has 0 fully saturated rings. The van der Waals surface area contributed by atoms with Gasteiger partial charge in [0.15, 0.2) is 11.5 Å². The highest BCUT2D eigenvalue weighted by molar-refractivity contribution is 6.07. The van der Waals surface area contributed by atoms with E-state index in [0.29, 0.717) is 67.3 Å². The Labute approximate surface area is 203 Å². The van der Waals surface area contributed by atoms with E-state index < -0.39 is 5.91 Å². The maximum Gasteiger partial charge on any atom is 0.278 e. The average molecular weight is 476 g/mol. The molecule has 10 nitrogen and oxygen atoms in total. The molecule has 3 aromatic rings. The Morgan fingerprint density at radius 3 is 2.80 bits per heavy atom. The molecule has 2 amide bonds. The van der Waals surface area contributed by atoms with Gasteiger partial charge in [-0.15, -0.1) is 0 Å². The van der Waals surface area contributed by atoms with E-state index in [4.69, 9.17) is 16.2 Å². The summed E-state index contributed by atoms with van der Waals surface area (Å²) >= 11 is 0. The lowest BCUT2D eigenvalue weighted by atomic mass is 10.1. The van der Waals surface area contributed by atoms with Crippen LogP contribution in [-0.4, -0.2) is 55.1 Å². The SMILES string of the molecule is CN1CCCNC(=O)c2cc(ccc2OCCCN)-c2cnc(N)c(n2)C(=O)Nc2ccccc21. The van der Waals surface area contributed by atoms with Crippen LogP contribution in [-0.2, 0) is 0 Å².